The molecule has 98 valence electrons. The molecular weight excluding hydrogens is 222 g/mol. The number of benzene rings is 1. The summed E-state index contributed by atoms with van der Waals surface area (Å²) in [5.74, 6) is 1.77. The Labute approximate surface area is 110 Å². The molecule has 2 nitrogen and oxygen atoms in total. The van der Waals surface area contributed by atoms with Crippen molar-refractivity contribution < 1.29 is 4.74 Å². The molecule has 0 fully saturated rings. The first kappa shape index (κ1) is 13.2. The van der Waals surface area contributed by atoms with Gasteiger partial charge in [-0.1, -0.05) is 24.3 Å². The van der Waals surface area contributed by atoms with Crippen molar-refractivity contribution in [1.82, 2.24) is 5.32 Å². The summed E-state index contributed by atoms with van der Waals surface area (Å²) >= 11 is 0. The van der Waals surface area contributed by atoms with Gasteiger partial charge < -0.3 is 10.1 Å². The minimum atomic E-state index is 0.839. The molecule has 1 aliphatic rings. The van der Waals surface area contributed by atoms with Crippen LogP contribution in [0.3, 0.4) is 0 Å². The van der Waals surface area contributed by atoms with Crippen LogP contribution in [0.4, 0.5) is 0 Å². The summed E-state index contributed by atoms with van der Waals surface area (Å²) in [7, 11) is 1.70. The van der Waals surface area contributed by atoms with Gasteiger partial charge in [0.25, 0.3) is 0 Å². The number of rotatable bonds is 6. The summed E-state index contributed by atoms with van der Waals surface area (Å²) in [5.41, 5.74) is 1.37. The zero-order valence-electron chi connectivity index (χ0n) is 11.2. The Morgan fingerprint density at radius 2 is 2.06 bits per heavy atom. The van der Waals surface area contributed by atoms with Crippen molar-refractivity contribution in [3.63, 3.8) is 0 Å². The van der Waals surface area contributed by atoms with Crippen LogP contribution in [-0.4, -0.2) is 20.2 Å². The fourth-order valence-electron chi connectivity index (χ4n) is 2.37. The minimum Gasteiger partial charge on any atom is -0.497 e. The molecule has 18 heavy (non-hydrogen) atoms. The van der Waals surface area contributed by atoms with E-state index in [4.69, 9.17) is 4.74 Å². The maximum Gasteiger partial charge on any atom is 0.118 e. The quantitative estimate of drug-likeness (QED) is 0.614. The van der Waals surface area contributed by atoms with E-state index >= 15 is 0 Å². The summed E-state index contributed by atoms with van der Waals surface area (Å²) < 4.78 is 5.15. The van der Waals surface area contributed by atoms with E-state index in [0.717, 1.165) is 31.2 Å². The summed E-state index contributed by atoms with van der Waals surface area (Å²) in [4.78, 5) is 0. The molecule has 0 saturated heterocycles. The monoisotopic (exact) mass is 245 g/mol. The van der Waals surface area contributed by atoms with Crippen LogP contribution in [0.25, 0.3) is 0 Å². The number of hydrogen-bond donors (Lipinski definition) is 1. The van der Waals surface area contributed by atoms with E-state index in [1.165, 1.54) is 24.8 Å². The molecule has 2 heteroatoms. The Balaban J connectivity index is 1.63. The first-order chi connectivity index (χ1) is 8.88. The molecule has 0 bridgehead atoms. The van der Waals surface area contributed by atoms with E-state index in [2.05, 4.69) is 29.6 Å². The van der Waals surface area contributed by atoms with Crippen LogP contribution < -0.4 is 10.1 Å². The van der Waals surface area contributed by atoms with Crippen molar-refractivity contribution in [2.75, 3.05) is 20.2 Å². The average molecular weight is 245 g/mol. The number of methoxy groups -OCH3 is 1. The van der Waals surface area contributed by atoms with Crippen LogP contribution in [0.15, 0.2) is 36.4 Å². The van der Waals surface area contributed by atoms with Gasteiger partial charge in [0.15, 0.2) is 0 Å². The summed E-state index contributed by atoms with van der Waals surface area (Å²) in [6.45, 7) is 2.22. The number of hydrogen-bond acceptors (Lipinski definition) is 2. The fourth-order valence-corrected chi connectivity index (χ4v) is 2.37. The smallest absolute Gasteiger partial charge is 0.118 e. The zero-order valence-corrected chi connectivity index (χ0v) is 11.2. The lowest BCUT2D eigenvalue weighted by molar-refractivity contribution is 0.414. The van der Waals surface area contributed by atoms with Gasteiger partial charge in [0.05, 0.1) is 7.11 Å². The third-order valence-electron chi connectivity index (χ3n) is 3.56. The normalized spacial score (nSPS) is 18.8. The zero-order chi connectivity index (χ0) is 12.6. The molecule has 2 rings (SSSR count). The highest BCUT2D eigenvalue weighted by Gasteiger charge is 2.08. The Morgan fingerprint density at radius 1 is 1.22 bits per heavy atom. The number of nitrogens with one attached hydrogen (secondary N) is 1. The molecule has 1 aromatic rings. The van der Waals surface area contributed by atoms with Crippen LogP contribution in [0.2, 0.25) is 0 Å². The Hall–Kier alpha value is -1.28. The fraction of sp³-hybridized carbons (Fsp3) is 0.500. The van der Waals surface area contributed by atoms with Gasteiger partial charge in [0, 0.05) is 0 Å². The molecule has 1 aromatic carbocycles. The third kappa shape index (κ3) is 4.19. The maximum atomic E-state index is 5.15. The molecule has 0 heterocycles. The molecule has 1 aliphatic carbocycles. The highest BCUT2D eigenvalue weighted by atomic mass is 16.5. The molecule has 0 unspecified atom stereocenters. The van der Waals surface area contributed by atoms with Gasteiger partial charge in [0.2, 0.25) is 0 Å². The number of ether oxygens (including phenoxy) is 1. The highest BCUT2D eigenvalue weighted by molar-refractivity contribution is 5.27. The molecule has 0 amide bonds. The Bertz CT molecular complexity index is 369. The molecule has 0 aliphatic heterocycles. The topological polar surface area (TPSA) is 21.3 Å². The van der Waals surface area contributed by atoms with E-state index in [-0.39, 0.29) is 0 Å². The van der Waals surface area contributed by atoms with Gasteiger partial charge in [-0.15, -0.1) is 0 Å². The maximum absolute atomic E-state index is 5.15. The van der Waals surface area contributed by atoms with Crippen molar-refractivity contribution >= 4 is 0 Å². The lowest BCUT2D eigenvalue weighted by Gasteiger charge is -2.18. The Morgan fingerprint density at radius 3 is 2.72 bits per heavy atom. The minimum absolute atomic E-state index is 0.839. The SMILES string of the molecule is COc1ccc(CCNC[C@H]2CC=CCC2)cc1. The second-order valence-electron chi connectivity index (χ2n) is 4.95. The first-order valence-electron chi connectivity index (χ1n) is 6.87. The summed E-state index contributed by atoms with van der Waals surface area (Å²) in [6.07, 6.45) is 9.55. The largest absolute Gasteiger partial charge is 0.497 e. The van der Waals surface area contributed by atoms with E-state index < -0.39 is 0 Å². The van der Waals surface area contributed by atoms with Gasteiger partial charge in [0.1, 0.15) is 5.75 Å². The van der Waals surface area contributed by atoms with Crippen molar-refractivity contribution in [3.05, 3.63) is 42.0 Å². The van der Waals surface area contributed by atoms with Crippen molar-refractivity contribution in [2.45, 2.75) is 25.7 Å². The summed E-state index contributed by atoms with van der Waals surface area (Å²) in [6, 6.07) is 8.34. The van der Waals surface area contributed by atoms with Crippen LogP contribution in [0, 0.1) is 5.92 Å². The third-order valence-corrected chi connectivity index (χ3v) is 3.56. The Kier molecular flexibility index (Phi) is 5.28. The van der Waals surface area contributed by atoms with Crippen LogP contribution in [-0.2, 0) is 6.42 Å². The van der Waals surface area contributed by atoms with E-state index in [1.807, 2.05) is 12.1 Å². The first-order valence-corrected chi connectivity index (χ1v) is 6.87. The molecule has 0 saturated carbocycles. The van der Waals surface area contributed by atoms with Crippen LogP contribution >= 0.6 is 0 Å². The lowest BCUT2D eigenvalue weighted by atomic mass is 9.94. The van der Waals surface area contributed by atoms with Crippen molar-refractivity contribution in [2.24, 2.45) is 5.92 Å². The molecule has 1 N–H and O–H groups in total. The van der Waals surface area contributed by atoms with Gasteiger partial charge in [-0.25, -0.2) is 0 Å². The summed E-state index contributed by atoms with van der Waals surface area (Å²) in [5, 5.41) is 3.57. The van der Waals surface area contributed by atoms with E-state index in [1.54, 1.807) is 7.11 Å². The van der Waals surface area contributed by atoms with E-state index in [0.29, 0.717) is 0 Å². The van der Waals surface area contributed by atoms with Gasteiger partial charge in [-0.2, -0.15) is 0 Å². The molecule has 0 aromatic heterocycles. The average Bonchev–Trinajstić information content (AvgIpc) is 2.45. The van der Waals surface area contributed by atoms with Crippen molar-refractivity contribution in [1.29, 1.82) is 0 Å². The van der Waals surface area contributed by atoms with Gasteiger partial charge in [-0.3, -0.25) is 0 Å². The predicted molar refractivity (Wildman–Crippen MR) is 76.0 cm³/mol. The number of allylic oxidation sites excluding steroid dienone is 2. The van der Waals surface area contributed by atoms with Gasteiger partial charge in [-0.05, 0) is 62.4 Å². The molecule has 0 spiro atoms. The lowest BCUT2D eigenvalue weighted by Crippen LogP contribution is -2.25. The second-order valence-corrected chi connectivity index (χ2v) is 4.95. The molecule has 0 radical (unpaired) electrons. The van der Waals surface area contributed by atoms with Crippen LogP contribution in [0.1, 0.15) is 24.8 Å². The molecular formula is C16H23NO. The van der Waals surface area contributed by atoms with Gasteiger partial charge >= 0.3 is 0 Å². The predicted octanol–water partition coefficient (Wildman–Crippen LogP) is 3.18. The highest BCUT2D eigenvalue weighted by Crippen LogP contribution is 2.17. The molecule has 1 atom stereocenters. The van der Waals surface area contributed by atoms with Crippen molar-refractivity contribution in [3.8, 4) is 5.75 Å². The van der Waals surface area contributed by atoms with Crippen LogP contribution in [0.5, 0.6) is 5.75 Å². The second kappa shape index (κ2) is 7.22. The standard InChI is InChI=1S/C16H23NO/c1-18-16-9-7-14(8-10-16)11-12-17-13-15-5-3-2-4-6-15/h2-3,7-10,15,17H,4-6,11-13H2,1H3/t15-/m0/s1. The van der Waals surface area contributed by atoms with E-state index in [9.17, 15) is 0 Å².